The maximum absolute atomic E-state index is 14.6. The van der Waals surface area contributed by atoms with Crippen molar-refractivity contribution in [2.75, 3.05) is 45.6 Å². The Labute approximate surface area is 274 Å². The molecule has 0 bridgehead atoms. The number of likely N-dealkylation sites (N-methyl/N-ethyl adjacent to an activating group) is 1. The summed E-state index contributed by atoms with van der Waals surface area (Å²) >= 11 is 0. The van der Waals surface area contributed by atoms with E-state index in [1.165, 1.54) is 12.1 Å². The van der Waals surface area contributed by atoms with Gasteiger partial charge in [-0.3, -0.25) is 14.9 Å². The van der Waals surface area contributed by atoms with E-state index in [2.05, 4.69) is 44.6 Å². The SMILES string of the molecule is C#C.C=C(/C=C(Cc1nc2c(-c3cc(F)cc(NCCN(C)C)c3)nccc2[nH]1)\C(N)=C/C)c1cncc(CN2CCC(F)(F)C2)c1. The Kier molecular flexibility index (Phi) is 11.6. The topological polar surface area (TPSA) is 99.0 Å². The Morgan fingerprint density at radius 1 is 1.21 bits per heavy atom. The molecule has 3 aromatic heterocycles. The van der Waals surface area contributed by atoms with Crippen molar-refractivity contribution in [1.82, 2.24) is 29.7 Å². The number of likely N-dealkylation sites (tertiary alicyclic amines) is 1. The number of pyridine rings is 2. The van der Waals surface area contributed by atoms with Crippen molar-refractivity contribution in [2.24, 2.45) is 5.73 Å². The average Bonchev–Trinajstić information content (AvgIpc) is 3.62. The molecular formula is C36H41F3N8. The highest BCUT2D eigenvalue weighted by Crippen LogP contribution is 2.30. The zero-order chi connectivity index (χ0) is 34.1. The first-order valence-electron chi connectivity index (χ1n) is 15.2. The number of halogens is 3. The number of nitrogens with zero attached hydrogens (tertiary/aromatic N) is 5. The smallest absolute Gasteiger partial charge is 0.261 e. The molecule has 1 fully saturated rings. The Bertz CT molecular complexity index is 1790. The first-order valence-corrected chi connectivity index (χ1v) is 15.2. The van der Waals surface area contributed by atoms with Crippen molar-refractivity contribution in [2.45, 2.75) is 32.2 Å². The fourth-order valence-corrected chi connectivity index (χ4v) is 5.38. The third kappa shape index (κ3) is 9.31. The minimum Gasteiger partial charge on any atom is -0.399 e. The van der Waals surface area contributed by atoms with Gasteiger partial charge >= 0.3 is 0 Å². The molecule has 0 unspecified atom stereocenters. The summed E-state index contributed by atoms with van der Waals surface area (Å²) in [5.74, 6) is -2.35. The van der Waals surface area contributed by atoms with Gasteiger partial charge in [-0.2, -0.15) is 0 Å². The number of fused-ring (bicyclic) bond motifs is 1. The number of anilines is 1. The van der Waals surface area contributed by atoms with Crippen LogP contribution in [-0.4, -0.2) is 75.9 Å². The summed E-state index contributed by atoms with van der Waals surface area (Å²) < 4.78 is 42.0. The van der Waals surface area contributed by atoms with E-state index in [1.54, 1.807) is 23.5 Å². The maximum Gasteiger partial charge on any atom is 0.261 e. The van der Waals surface area contributed by atoms with Gasteiger partial charge in [0.15, 0.2) is 0 Å². The number of allylic oxidation sites excluding steroid dienone is 4. The quantitative estimate of drug-likeness (QED) is 0.124. The van der Waals surface area contributed by atoms with Gasteiger partial charge in [-0.05, 0) is 79.7 Å². The number of hydrogen-bond donors (Lipinski definition) is 3. The van der Waals surface area contributed by atoms with E-state index in [9.17, 15) is 13.2 Å². The Morgan fingerprint density at radius 3 is 2.70 bits per heavy atom. The average molecular weight is 643 g/mol. The molecule has 4 heterocycles. The third-order valence-corrected chi connectivity index (χ3v) is 7.72. The fraction of sp³-hybridized carbons (Fsp3) is 0.306. The molecule has 47 heavy (non-hydrogen) atoms. The van der Waals surface area contributed by atoms with Gasteiger partial charge in [0.2, 0.25) is 0 Å². The molecule has 0 radical (unpaired) electrons. The highest BCUT2D eigenvalue weighted by molar-refractivity contribution is 5.90. The Balaban J connectivity index is 0.00000245. The molecule has 1 aliphatic rings. The summed E-state index contributed by atoms with van der Waals surface area (Å²) in [6.07, 6.45) is 17.0. The van der Waals surface area contributed by atoms with Gasteiger partial charge < -0.3 is 20.9 Å². The van der Waals surface area contributed by atoms with Crippen LogP contribution in [0.15, 0.2) is 78.9 Å². The van der Waals surface area contributed by atoms with Gasteiger partial charge in [-0.1, -0.05) is 12.7 Å². The summed E-state index contributed by atoms with van der Waals surface area (Å²) in [6.45, 7) is 8.08. The van der Waals surface area contributed by atoms with Crippen molar-refractivity contribution < 1.29 is 13.2 Å². The molecule has 8 nitrogen and oxygen atoms in total. The Hall–Kier alpha value is -4.92. The predicted octanol–water partition coefficient (Wildman–Crippen LogP) is 6.27. The molecule has 4 N–H and O–H groups in total. The van der Waals surface area contributed by atoms with E-state index < -0.39 is 5.92 Å². The van der Waals surface area contributed by atoms with Gasteiger partial charge in [0.05, 0.1) is 17.8 Å². The molecular weight excluding hydrogens is 601 g/mol. The second-order valence-corrected chi connectivity index (χ2v) is 11.7. The number of aromatic nitrogens is 4. The molecule has 246 valence electrons. The van der Waals surface area contributed by atoms with Gasteiger partial charge in [0, 0.05) is 74.6 Å². The molecule has 0 spiro atoms. The minimum atomic E-state index is -2.65. The number of hydrogen-bond acceptors (Lipinski definition) is 7. The highest BCUT2D eigenvalue weighted by Gasteiger charge is 2.37. The van der Waals surface area contributed by atoms with Gasteiger partial charge in [-0.15, -0.1) is 12.8 Å². The number of nitrogens with two attached hydrogens (primary N) is 1. The number of alkyl halides is 2. The van der Waals surface area contributed by atoms with Crippen molar-refractivity contribution in [3.63, 3.8) is 0 Å². The lowest BCUT2D eigenvalue weighted by molar-refractivity contribution is 0.0115. The molecule has 0 atom stereocenters. The van der Waals surface area contributed by atoms with Crippen LogP contribution in [0.1, 0.15) is 30.3 Å². The fourth-order valence-electron chi connectivity index (χ4n) is 5.38. The van der Waals surface area contributed by atoms with Crippen LogP contribution in [0.4, 0.5) is 18.9 Å². The van der Waals surface area contributed by atoms with Crippen molar-refractivity contribution in [3.8, 4) is 24.1 Å². The van der Waals surface area contributed by atoms with E-state index in [0.717, 1.165) is 28.8 Å². The second-order valence-electron chi connectivity index (χ2n) is 11.7. The lowest BCUT2D eigenvalue weighted by atomic mass is 10.0. The number of benzene rings is 1. The minimum absolute atomic E-state index is 0.127. The highest BCUT2D eigenvalue weighted by atomic mass is 19.3. The molecule has 0 aliphatic carbocycles. The van der Waals surface area contributed by atoms with Crippen LogP contribution in [-0.2, 0) is 13.0 Å². The molecule has 0 amide bonds. The van der Waals surface area contributed by atoms with Gasteiger partial charge in [0.1, 0.15) is 17.2 Å². The van der Waals surface area contributed by atoms with E-state index >= 15 is 0 Å². The summed E-state index contributed by atoms with van der Waals surface area (Å²) in [5, 5.41) is 3.27. The lowest BCUT2D eigenvalue weighted by Gasteiger charge is -2.16. The monoisotopic (exact) mass is 642 g/mol. The Morgan fingerprint density at radius 2 is 2.00 bits per heavy atom. The maximum atomic E-state index is 14.6. The largest absolute Gasteiger partial charge is 0.399 e. The number of H-pyrrole nitrogens is 1. The number of rotatable bonds is 12. The molecule has 4 aromatic rings. The normalized spacial score (nSPS) is 15.1. The van der Waals surface area contributed by atoms with Crippen LogP contribution < -0.4 is 11.1 Å². The van der Waals surface area contributed by atoms with Crippen LogP contribution in [0.25, 0.3) is 27.9 Å². The standard InChI is InChI=1S/C34H39F3N8.C2H2/c1-5-29(38)24(12-22(2)26-13-23(18-39-19-26)20-45-10-7-34(36,37)21-45)16-31-42-30-6-8-41-32(33(30)43-31)25-14-27(35)17-28(15-25)40-9-11-44(3)4;1-2/h5-6,8,12-15,17-19,40H,2,7,9-11,16,20-21,38H2,1,3-4H3,(H,42,43);1-2H/b24-12-,29-5+;. The molecule has 1 aromatic carbocycles. The summed E-state index contributed by atoms with van der Waals surface area (Å²) in [6, 6.07) is 8.56. The van der Waals surface area contributed by atoms with Crippen molar-refractivity contribution in [3.05, 3.63) is 102 Å². The third-order valence-electron chi connectivity index (χ3n) is 7.72. The first-order chi connectivity index (χ1) is 22.5. The predicted molar refractivity (Wildman–Crippen MR) is 184 cm³/mol. The second kappa shape index (κ2) is 15.6. The van der Waals surface area contributed by atoms with E-state index in [-0.39, 0.29) is 18.8 Å². The number of terminal acetylenes is 1. The number of imidazole rings is 1. The molecule has 11 heteroatoms. The van der Waals surface area contributed by atoms with Crippen LogP contribution in [0.3, 0.4) is 0 Å². The lowest BCUT2D eigenvalue weighted by Crippen LogP contribution is -2.24. The molecule has 1 aliphatic heterocycles. The number of nitrogens with one attached hydrogen (secondary N) is 2. The van der Waals surface area contributed by atoms with Crippen LogP contribution >= 0.6 is 0 Å². The van der Waals surface area contributed by atoms with E-state index in [4.69, 9.17) is 10.7 Å². The first kappa shape index (κ1) is 34.9. The van der Waals surface area contributed by atoms with Crippen molar-refractivity contribution >= 4 is 22.3 Å². The van der Waals surface area contributed by atoms with Gasteiger partial charge in [0.25, 0.3) is 5.92 Å². The van der Waals surface area contributed by atoms with E-state index in [1.807, 2.05) is 51.4 Å². The van der Waals surface area contributed by atoms with Crippen molar-refractivity contribution in [1.29, 1.82) is 0 Å². The molecule has 5 rings (SSSR count). The van der Waals surface area contributed by atoms with Crippen LogP contribution in [0.5, 0.6) is 0 Å². The summed E-state index contributed by atoms with van der Waals surface area (Å²) in [4.78, 5) is 20.9. The van der Waals surface area contributed by atoms with Crippen LogP contribution in [0, 0.1) is 18.7 Å². The summed E-state index contributed by atoms with van der Waals surface area (Å²) in [7, 11) is 3.97. The molecule has 0 saturated carbocycles. The van der Waals surface area contributed by atoms with Gasteiger partial charge in [-0.25, -0.2) is 18.2 Å². The summed E-state index contributed by atoms with van der Waals surface area (Å²) in [5.41, 5.74) is 13.3. The van der Waals surface area contributed by atoms with Crippen LogP contribution in [0.2, 0.25) is 0 Å². The zero-order valence-corrected chi connectivity index (χ0v) is 27.0. The number of aromatic amines is 1. The molecule has 1 saturated heterocycles. The zero-order valence-electron chi connectivity index (χ0n) is 27.0. The van der Waals surface area contributed by atoms with E-state index in [0.29, 0.717) is 65.6 Å².